The molecule has 1 unspecified atom stereocenters. The van der Waals surface area contributed by atoms with Gasteiger partial charge in [0.2, 0.25) is 5.91 Å². The molecule has 1 saturated heterocycles. The summed E-state index contributed by atoms with van der Waals surface area (Å²) >= 11 is 2.25. The fraction of sp³-hybridized carbons (Fsp3) is 0.364. The number of carbonyl (C=O) groups excluding carboxylic acids is 1. The molecule has 80 valence electrons. The van der Waals surface area contributed by atoms with E-state index < -0.39 is 0 Å². The van der Waals surface area contributed by atoms with Gasteiger partial charge in [-0.05, 0) is 47.2 Å². The van der Waals surface area contributed by atoms with Crippen molar-refractivity contribution in [3.05, 3.63) is 27.8 Å². The predicted molar refractivity (Wildman–Crippen MR) is 68.7 cm³/mol. The lowest BCUT2D eigenvalue weighted by molar-refractivity contribution is -0.117. The Bertz CT molecular complexity index is 381. The maximum atomic E-state index is 11.8. The number of hydrogen-bond acceptors (Lipinski definition) is 2. The minimum atomic E-state index is 0.189. The van der Waals surface area contributed by atoms with Gasteiger partial charge < -0.3 is 10.6 Å². The first kappa shape index (κ1) is 10.9. The fourth-order valence-electron chi connectivity index (χ4n) is 1.84. The fourth-order valence-corrected chi connectivity index (χ4v) is 2.52. The van der Waals surface area contributed by atoms with Crippen LogP contribution in [-0.2, 0) is 4.79 Å². The summed E-state index contributed by atoms with van der Waals surface area (Å²) in [4.78, 5) is 13.6. The summed E-state index contributed by atoms with van der Waals surface area (Å²) in [5.41, 5.74) is 6.61. The molecule has 3 nitrogen and oxygen atoms in total. The van der Waals surface area contributed by atoms with Crippen LogP contribution >= 0.6 is 22.6 Å². The zero-order valence-corrected chi connectivity index (χ0v) is 10.5. The molecular formula is C11H13IN2O. The van der Waals surface area contributed by atoms with E-state index >= 15 is 0 Å². The first-order valence-corrected chi connectivity index (χ1v) is 6.05. The van der Waals surface area contributed by atoms with Crippen LogP contribution in [0.5, 0.6) is 0 Å². The summed E-state index contributed by atoms with van der Waals surface area (Å²) in [7, 11) is 0. The van der Waals surface area contributed by atoms with Gasteiger partial charge in [0.25, 0.3) is 0 Å². The van der Waals surface area contributed by atoms with Crippen molar-refractivity contribution in [3.63, 3.8) is 0 Å². The zero-order chi connectivity index (χ0) is 10.8. The normalized spacial score (nSPS) is 21.1. The Morgan fingerprint density at radius 3 is 2.80 bits per heavy atom. The van der Waals surface area contributed by atoms with Crippen molar-refractivity contribution in [2.75, 3.05) is 18.0 Å². The number of amides is 1. The van der Waals surface area contributed by atoms with Crippen LogP contribution in [0.2, 0.25) is 0 Å². The second-order valence-corrected chi connectivity index (χ2v) is 4.92. The number of halogens is 1. The van der Waals surface area contributed by atoms with E-state index in [1.165, 1.54) is 0 Å². The third-order valence-corrected chi connectivity index (χ3v) is 3.59. The average Bonchev–Trinajstić information content (AvgIpc) is 2.60. The molecule has 2 rings (SSSR count). The van der Waals surface area contributed by atoms with E-state index in [0.717, 1.165) is 15.8 Å². The van der Waals surface area contributed by atoms with E-state index in [2.05, 4.69) is 22.6 Å². The van der Waals surface area contributed by atoms with Crippen molar-refractivity contribution in [2.45, 2.75) is 6.42 Å². The van der Waals surface area contributed by atoms with Crippen molar-refractivity contribution in [1.82, 2.24) is 0 Å². The summed E-state index contributed by atoms with van der Waals surface area (Å²) in [6.45, 7) is 1.35. The lowest BCUT2D eigenvalue weighted by atomic mass is 10.1. The van der Waals surface area contributed by atoms with Crippen LogP contribution in [0.4, 0.5) is 5.69 Å². The second kappa shape index (κ2) is 4.49. The Labute approximate surface area is 103 Å². The van der Waals surface area contributed by atoms with Crippen molar-refractivity contribution in [2.24, 2.45) is 11.7 Å². The molecule has 4 heteroatoms. The maximum Gasteiger partial charge on any atom is 0.227 e. The number of benzene rings is 1. The molecule has 1 fully saturated rings. The van der Waals surface area contributed by atoms with Crippen LogP contribution in [0, 0.1) is 9.49 Å². The van der Waals surface area contributed by atoms with Crippen LogP contribution < -0.4 is 10.6 Å². The molecule has 1 aliphatic rings. The van der Waals surface area contributed by atoms with E-state index in [1.54, 1.807) is 0 Å². The number of nitrogens with zero attached hydrogens (tertiary/aromatic N) is 1. The highest BCUT2D eigenvalue weighted by Crippen LogP contribution is 2.28. The van der Waals surface area contributed by atoms with Gasteiger partial charge in [0.15, 0.2) is 0 Å². The Morgan fingerprint density at radius 1 is 1.47 bits per heavy atom. The van der Waals surface area contributed by atoms with Gasteiger partial charge >= 0.3 is 0 Å². The maximum absolute atomic E-state index is 11.8. The summed E-state index contributed by atoms with van der Waals surface area (Å²) in [6, 6.07) is 7.93. The molecule has 1 aromatic carbocycles. The van der Waals surface area contributed by atoms with Gasteiger partial charge in [0.05, 0.1) is 5.69 Å². The summed E-state index contributed by atoms with van der Waals surface area (Å²) < 4.78 is 1.11. The van der Waals surface area contributed by atoms with Crippen molar-refractivity contribution in [1.29, 1.82) is 0 Å². The van der Waals surface area contributed by atoms with Crippen LogP contribution in [0.1, 0.15) is 6.42 Å². The van der Waals surface area contributed by atoms with Crippen LogP contribution in [0.3, 0.4) is 0 Å². The third kappa shape index (κ3) is 2.15. The first-order valence-electron chi connectivity index (χ1n) is 4.97. The van der Waals surface area contributed by atoms with Gasteiger partial charge in [0.1, 0.15) is 0 Å². The van der Waals surface area contributed by atoms with Gasteiger partial charge in [0, 0.05) is 16.5 Å². The largest absolute Gasteiger partial charge is 0.330 e. The molecule has 1 atom stereocenters. The van der Waals surface area contributed by atoms with Crippen molar-refractivity contribution < 1.29 is 4.79 Å². The smallest absolute Gasteiger partial charge is 0.227 e. The molecule has 0 aliphatic carbocycles. The Morgan fingerprint density at radius 2 is 2.20 bits per heavy atom. The minimum Gasteiger partial charge on any atom is -0.330 e. The topological polar surface area (TPSA) is 46.3 Å². The third-order valence-electron chi connectivity index (χ3n) is 2.68. The Kier molecular flexibility index (Phi) is 3.25. The van der Waals surface area contributed by atoms with Crippen molar-refractivity contribution in [3.8, 4) is 0 Å². The van der Waals surface area contributed by atoms with Gasteiger partial charge in [-0.2, -0.15) is 0 Å². The SMILES string of the molecule is NCC1CC(=O)N(c2ccccc2I)C1. The van der Waals surface area contributed by atoms with E-state index in [-0.39, 0.29) is 5.91 Å². The molecule has 0 aromatic heterocycles. The molecule has 2 N–H and O–H groups in total. The van der Waals surface area contributed by atoms with Gasteiger partial charge in [-0.3, -0.25) is 4.79 Å². The highest BCUT2D eigenvalue weighted by molar-refractivity contribution is 14.1. The molecule has 1 aromatic rings. The lowest BCUT2D eigenvalue weighted by Crippen LogP contribution is -2.26. The number of nitrogens with two attached hydrogens (primary N) is 1. The van der Waals surface area contributed by atoms with E-state index in [9.17, 15) is 4.79 Å². The number of hydrogen-bond donors (Lipinski definition) is 1. The number of rotatable bonds is 2. The monoisotopic (exact) mass is 316 g/mol. The summed E-state index contributed by atoms with van der Waals surface area (Å²) in [6.07, 6.45) is 0.585. The number of carbonyl (C=O) groups is 1. The van der Waals surface area contributed by atoms with Gasteiger partial charge in [-0.1, -0.05) is 12.1 Å². The quantitative estimate of drug-likeness (QED) is 0.843. The lowest BCUT2D eigenvalue weighted by Gasteiger charge is -2.17. The molecular weight excluding hydrogens is 303 g/mol. The summed E-state index contributed by atoms with van der Waals surface area (Å²) in [5.74, 6) is 0.503. The molecule has 1 heterocycles. The predicted octanol–water partition coefficient (Wildman–Crippen LogP) is 1.60. The van der Waals surface area contributed by atoms with Crippen LogP contribution in [0.15, 0.2) is 24.3 Å². The summed E-state index contributed by atoms with van der Waals surface area (Å²) in [5, 5.41) is 0. The molecule has 1 aliphatic heterocycles. The van der Waals surface area contributed by atoms with Crippen molar-refractivity contribution >= 4 is 34.2 Å². The molecule has 15 heavy (non-hydrogen) atoms. The molecule has 1 amide bonds. The Hall–Kier alpha value is -0.620. The molecule has 0 spiro atoms. The van der Waals surface area contributed by atoms with Gasteiger partial charge in [-0.25, -0.2) is 0 Å². The molecule has 0 saturated carbocycles. The van der Waals surface area contributed by atoms with Crippen LogP contribution in [-0.4, -0.2) is 19.0 Å². The minimum absolute atomic E-state index is 0.189. The standard InChI is InChI=1S/C11H13IN2O/c12-9-3-1-2-4-10(9)14-7-8(6-13)5-11(14)15/h1-4,8H,5-7,13H2. The zero-order valence-electron chi connectivity index (χ0n) is 8.32. The van der Waals surface area contributed by atoms with Gasteiger partial charge in [-0.15, -0.1) is 0 Å². The number of para-hydroxylation sites is 1. The van der Waals surface area contributed by atoms with E-state index in [4.69, 9.17) is 5.73 Å². The highest BCUT2D eigenvalue weighted by atomic mass is 127. The highest BCUT2D eigenvalue weighted by Gasteiger charge is 2.30. The Balaban J connectivity index is 2.25. The average molecular weight is 316 g/mol. The second-order valence-electron chi connectivity index (χ2n) is 3.76. The van der Waals surface area contributed by atoms with Crippen LogP contribution in [0.25, 0.3) is 0 Å². The van der Waals surface area contributed by atoms with E-state index in [0.29, 0.717) is 18.9 Å². The molecule has 0 bridgehead atoms. The first-order chi connectivity index (χ1) is 7.22. The van der Waals surface area contributed by atoms with E-state index in [1.807, 2.05) is 29.2 Å². The number of anilines is 1. The molecule has 0 radical (unpaired) electrons.